The van der Waals surface area contributed by atoms with Crippen LogP contribution in [-0.4, -0.2) is 19.8 Å². The number of fused-ring (bicyclic) bond motifs is 1. The molecule has 0 aromatic heterocycles. The van der Waals surface area contributed by atoms with E-state index >= 15 is 0 Å². The Hall–Kier alpha value is -2.26. The van der Waals surface area contributed by atoms with E-state index in [1.54, 1.807) is 12.1 Å². The van der Waals surface area contributed by atoms with Crippen LogP contribution in [0, 0.1) is 21.6 Å². The zero-order chi connectivity index (χ0) is 14.8. The summed E-state index contributed by atoms with van der Waals surface area (Å²) in [6.45, 7) is 6.58. The molecule has 20 heavy (non-hydrogen) atoms. The smallest absolute Gasteiger partial charge is 0.235 e. The molecule has 1 aliphatic heterocycles. The molecule has 0 spiro atoms. The fourth-order valence-electron chi connectivity index (χ4n) is 1.60. The summed E-state index contributed by atoms with van der Waals surface area (Å²) in [4.78, 5) is 9.97. The van der Waals surface area contributed by atoms with Crippen molar-refractivity contribution in [1.29, 1.82) is 0 Å². The van der Waals surface area contributed by atoms with Crippen LogP contribution < -0.4 is 9.47 Å². The molecule has 0 radical (unpaired) electrons. The van der Waals surface area contributed by atoms with Crippen LogP contribution in [0.1, 0.15) is 11.1 Å². The van der Waals surface area contributed by atoms with Gasteiger partial charge in [-0.05, 0) is 6.07 Å². The molecule has 5 nitrogen and oxygen atoms in total. The minimum Gasteiger partial charge on any atom is -0.454 e. The molecule has 0 saturated heterocycles. The monoisotopic (exact) mass is 289 g/mol. The minimum absolute atomic E-state index is 0.165. The van der Waals surface area contributed by atoms with Crippen molar-refractivity contribution in [2.75, 3.05) is 6.79 Å². The molecule has 0 aliphatic carbocycles. The quantitative estimate of drug-likeness (QED) is 0.363. The summed E-state index contributed by atoms with van der Waals surface area (Å²) in [5.74, 6) is 4.33. The molecular formula is C14H15NO4Si. The van der Waals surface area contributed by atoms with E-state index in [4.69, 9.17) is 9.47 Å². The highest BCUT2D eigenvalue weighted by Gasteiger charge is 2.16. The first kappa shape index (κ1) is 14.2. The Morgan fingerprint density at radius 1 is 1.30 bits per heavy atom. The summed E-state index contributed by atoms with van der Waals surface area (Å²) in [5.41, 5.74) is 4.63. The van der Waals surface area contributed by atoms with E-state index in [2.05, 4.69) is 31.1 Å². The third-order valence-corrected chi connectivity index (χ3v) is 3.37. The van der Waals surface area contributed by atoms with E-state index in [0.717, 1.165) is 11.8 Å². The van der Waals surface area contributed by atoms with Crippen molar-refractivity contribution in [2.45, 2.75) is 19.6 Å². The van der Waals surface area contributed by atoms with Gasteiger partial charge in [0.2, 0.25) is 13.0 Å². The van der Waals surface area contributed by atoms with E-state index < -0.39 is 13.0 Å². The highest BCUT2D eigenvalue weighted by Crippen LogP contribution is 2.35. The number of nitrogens with zero attached hydrogens (tertiary/aromatic N) is 1. The molecule has 104 valence electrons. The van der Waals surface area contributed by atoms with Gasteiger partial charge in [-0.1, -0.05) is 25.6 Å². The van der Waals surface area contributed by atoms with Gasteiger partial charge in [-0.25, -0.2) is 0 Å². The summed E-state index contributed by atoms with van der Waals surface area (Å²) < 4.78 is 10.6. The number of benzene rings is 1. The summed E-state index contributed by atoms with van der Waals surface area (Å²) >= 11 is 0. The second-order valence-electron chi connectivity index (χ2n) is 5.39. The number of ether oxygens (including phenoxy) is 2. The van der Waals surface area contributed by atoms with Crippen LogP contribution >= 0.6 is 0 Å². The SMILES string of the molecule is C[Si](C)(C)C#Cc1cc2c(cc1/C=C/[N+](=O)[O-])OCO2. The molecule has 1 aromatic carbocycles. The van der Waals surface area contributed by atoms with Crippen molar-refractivity contribution in [1.82, 2.24) is 0 Å². The van der Waals surface area contributed by atoms with Crippen molar-refractivity contribution in [3.05, 3.63) is 39.6 Å². The lowest BCUT2D eigenvalue weighted by Gasteiger charge is -2.05. The maximum absolute atomic E-state index is 10.5. The van der Waals surface area contributed by atoms with Gasteiger partial charge < -0.3 is 9.47 Å². The Morgan fingerprint density at radius 3 is 2.55 bits per heavy atom. The summed E-state index contributed by atoms with van der Waals surface area (Å²) in [7, 11) is -1.52. The predicted molar refractivity (Wildman–Crippen MR) is 78.8 cm³/mol. The maximum atomic E-state index is 10.5. The van der Waals surface area contributed by atoms with Crippen molar-refractivity contribution >= 4 is 14.1 Å². The molecule has 1 heterocycles. The Morgan fingerprint density at radius 2 is 1.95 bits per heavy atom. The first-order valence-corrected chi connectivity index (χ1v) is 9.64. The molecule has 0 unspecified atom stereocenters. The molecule has 0 fully saturated rings. The number of hydrogen-bond donors (Lipinski definition) is 0. The molecule has 1 aliphatic rings. The lowest BCUT2D eigenvalue weighted by Crippen LogP contribution is -2.16. The van der Waals surface area contributed by atoms with E-state index in [0.29, 0.717) is 17.1 Å². The predicted octanol–water partition coefficient (Wildman–Crippen LogP) is 2.89. The summed E-state index contributed by atoms with van der Waals surface area (Å²) in [5, 5.41) is 10.5. The standard InChI is InChI=1S/C14H15NO4Si/c1-20(2,3)7-5-12-9-14-13(18-10-19-14)8-11(12)4-6-15(16)17/h4,6,8-9H,10H2,1-3H3/b6-4+. The van der Waals surface area contributed by atoms with Gasteiger partial charge in [0.1, 0.15) is 8.07 Å². The van der Waals surface area contributed by atoms with Gasteiger partial charge >= 0.3 is 0 Å². The second kappa shape index (κ2) is 5.39. The highest BCUT2D eigenvalue weighted by atomic mass is 28.3. The fourth-order valence-corrected chi connectivity index (χ4v) is 2.11. The molecule has 6 heteroatoms. The molecule has 0 saturated carbocycles. The molecule has 2 rings (SSSR count). The topological polar surface area (TPSA) is 61.6 Å². The maximum Gasteiger partial charge on any atom is 0.235 e. The van der Waals surface area contributed by atoms with Crippen LogP contribution in [0.2, 0.25) is 19.6 Å². The van der Waals surface area contributed by atoms with Crippen molar-refractivity contribution in [3.8, 4) is 23.0 Å². The Balaban J connectivity index is 2.46. The largest absolute Gasteiger partial charge is 0.454 e. The lowest BCUT2D eigenvalue weighted by atomic mass is 10.1. The van der Waals surface area contributed by atoms with Crippen molar-refractivity contribution in [3.63, 3.8) is 0 Å². The fraction of sp³-hybridized carbons (Fsp3) is 0.286. The van der Waals surface area contributed by atoms with Crippen LogP contribution in [-0.2, 0) is 0 Å². The third-order valence-electron chi connectivity index (χ3n) is 2.49. The van der Waals surface area contributed by atoms with Gasteiger partial charge in [-0.15, -0.1) is 5.54 Å². The molecule has 0 N–H and O–H groups in total. The molecule has 0 atom stereocenters. The van der Waals surface area contributed by atoms with Gasteiger partial charge in [0.15, 0.2) is 11.5 Å². The van der Waals surface area contributed by atoms with E-state index in [1.807, 2.05) is 0 Å². The molecule has 1 aromatic rings. The Labute approximate surface area is 118 Å². The zero-order valence-corrected chi connectivity index (χ0v) is 12.6. The van der Waals surface area contributed by atoms with Crippen LogP contribution in [0.4, 0.5) is 0 Å². The van der Waals surface area contributed by atoms with Gasteiger partial charge in [-0.3, -0.25) is 10.1 Å². The third kappa shape index (κ3) is 3.62. The van der Waals surface area contributed by atoms with Crippen LogP contribution in [0.15, 0.2) is 18.3 Å². The molecule has 0 bridgehead atoms. The molecular weight excluding hydrogens is 274 g/mol. The normalized spacial score (nSPS) is 13.2. The zero-order valence-electron chi connectivity index (χ0n) is 11.6. The minimum atomic E-state index is -1.52. The van der Waals surface area contributed by atoms with Crippen molar-refractivity contribution < 1.29 is 14.4 Å². The second-order valence-corrected chi connectivity index (χ2v) is 10.1. The van der Waals surface area contributed by atoms with E-state index in [9.17, 15) is 10.1 Å². The first-order chi connectivity index (χ1) is 9.35. The average Bonchev–Trinajstić information content (AvgIpc) is 2.79. The number of nitro groups is 1. The van der Waals surface area contributed by atoms with Crippen LogP contribution in [0.25, 0.3) is 6.08 Å². The Bertz CT molecular complexity index is 635. The number of rotatable bonds is 2. The van der Waals surface area contributed by atoms with E-state index in [-0.39, 0.29) is 6.79 Å². The first-order valence-electron chi connectivity index (χ1n) is 6.14. The highest BCUT2D eigenvalue weighted by molar-refractivity contribution is 6.83. The van der Waals surface area contributed by atoms with Crippen molar-refractivity contribution in [2.24, 2.45) is 0 Å². The lowest BCUT2D eigenvalue weighted by molar-refractivity contribution is -0.400. The van der Waals surface area contributed by atoms with Gasteiger partial charge in [-0.2, -0.15) is 0 Å². The summed E-state index contributed by atoms with van der Waals surface area (Å²) in [6, 6.07) is 3.49. The average molecular weight is 289 g/mol. The van der Waals surface area contributed by atoms with Crippen LogP contribution in [0.3, 0.4) is 0 Å². The summed E-state index contributed by atoms with van der Waals surface area (Å²) in [6.07, 6.45) is 2.33. The van der Waals surface area contributed by atoms with Gasteiger partial charge in [0.05, 0.1) is 4.92 Å². The Kier molecular flexibility index (Phi) is 3.81. The molecule has 0 amide bonds. The van der Waals surface area contributed by atoms with Gasteiger partial charge in [0, 0.05) is 23.3 Å². The number of hydrogen-bond acceptors (Lipinski definition) is 4. The van der Waals surface area contributed by atoms with Gasteiger partial charge in [0.25, 0.3) is 0 Å². The van der Waals surface area contributed by atoms with Crippen LogP contribution in [0.5, 0.6) is 11.5 Å². The van der Waals surface area contributed by atoms with E-state index in [1.165, 1.54) is 6.08 Å².